The molecule has 0 aliphatic heterocycles. The summed E-state index contributed by atoms with van der Waals surface area (Å²) < 4.78 is 0. The van der Waals surface area contributed by atoms with Gasteiger partial charge in [0.15, 0.2) is 0 Å². The van der Waals surface area contributed by atoms with Crippen LogP contribution >= 0.6 is 0 Å². The van der Waals surface area contributed by atoms with Gasteiger partial charge in [0.25, 0.3) is 0 Å². The second kappa shape index (κ2) is 8.16. The van der Waals surface area contributed by atoms with E-state index in [1.165, 1.54) is 5.56 Å². The van der Waals surface area contributed by atoms with Crippen LogP contribution in [0.5, 0.6) is 0 Å². The molecule has 1 rings (SSSR count). The SMILES string of the molecule is CCCNC(C)c1cccnc1N(C)C(CC)CC. The van der Waals surface area contributed by atoms with E-state index in [-0.39, 0.29) is 0 Å². The molecule has 3 nitrogen and oxygen atoms in total. The van der Waals surface area contributed by atoms with Gasteiger partial charge < -0.3 is 10.2 Å². The van der Waals surface area contributed by atoms with Crippen molar-refractivity contribution in [2.45, 2.75) is 59.0 Å². The molecule has 0 radical (unpaired) electrons. The summed E-state index contributed by atoms with van der Waals surface area (Å²) in [5.41, 5.74) is 1.30. The first-order valence-electron chi connectivity index (χ1n) is 7.56. The van der Waals surface area contributed by atoms with E-state index in [0.29, 0.717) is 12.1 Å². The van der Waals surface area contributed by atoms with Crippen LogP contribution in [0.15, 0.2) is 18.3 Å². The molecule has 0 saturated heterocycles. The summed E-state index contributed by atoms with van der Waals surface area (Å²) in [7, 11) is 2.16. The first-order chi connectivity index (χ1) is 9.15. The van der Waals surface area contributed by atoms with E-state index in [9.17, 15) is 0 Å². The number of hydrogen-bond donors (Lipinski definition) is 1. The quantitative estimate of drug-likeness (QED) is 0.774. The molecule has 0 aliphatic rings. The fourth-order valence-corrected chi connectivity index (χ4v) is 2.52. The molecule has 0 fully saturated rings. The van der Waals surface area contributed by atoms with Crippen molar-refractivity contribution < 1.29 is 0 Å². The van der Waals surface area contributed by atoms with Crippen LogP contribution < -0.4 is 10.2 Å². The van der Waals surface area contributed by atoms with E-state index in [1.807, 2.05) is 12.3 Å². The summed E-state index contributed by atoms with van der Waals surface area (Å²) in [6, 6.07) is 5.13. The maximum atomic E-state index is 4.61. The van der Waals surface area contributed by atoms with Crippen LogP contribution in [0.25, 0.3) is 0 Å². The summed E-state index contributed by atoms with van der Waals surface area (Å²) in [5.74, 6) is 1.12. The molecular formula is C16H29N3. The summed E-state index contributed by atoms with van der Waals surface area (Å²) in [6.45, 7) is 9.94. The van der Waals surface area contributed by atoms with E-state index in [2.05, 4.69) is 56.0 Å². The Labute approximate surface area is 118 Å². The van der Waals surface area contributed by atoms with Crippen LogP contribution in [-0.2, 0) is 0 Å². The second-order valence-electron chi connectivity index (χ2n) is 5.17. The number of nitrogens with zero attached hydrogens (tertiary/aromatic N) is 2. The Morgan fingerprint density at radius 1 is 1.26 bits per heavy atom. The molecule has 1 aromatic rings. The van der Waals surface area contributed by atoms with Crippen LogP contribution in [0.1, 0.15) is 58.6 Å². The zero-order valence-electron chi connectivity index (χ0n) is 13.1. The molecule has 3 heteroatoms. The highest BCUT2D eigenvalue weighted by molar-refractivity contribution is 5.48. The first-order valence-corrected chi connectivity index (χ1v) is 7.56. The lowest BCUT2D eigenvalue weighted by Crippen LogP contribution is -2.33. The highest BCUT2D eigenvalue weighted by atomic mass is 15.2. The molecule has 0 spiro atoms. The van der Waals surface area contributed by atoms with Gasteiger partial charge in [-0.05, 0) is 38.8 Å². The van der Waals surface area contributed by atoms with Crippen molar-refractivity contribution >= 4 is 5.82 Å². The van der Waals surface area contributed by atoms with Crippen LogP contribution in [-0.4, -0.2) is 24.6 Å². The maximum Gasteiger partial charge on any atom is 0.133 e. The lowest BCUT2D eigenvalue weighted by Gasteiger charge is -2.30. The Hall–Kier alpha value is -1.09. The molecule has 0 aliphatic carbocycles. The standard InChI is InChI=1S/C16H29N3/c1-6-11-17-13(4)15-10-9-12-18-16(15)19(5)14(7-2)8-3/h9-10,12-14,17H,6-8,11H2,1-5H3. The van der Waals surface area contributed by atoms with E-state index < -0.39 is 0 Å². The Balaban J connectivity index is 2.94. The van der Waals surface area contributed by atoms with Crippen molar-refractivity contribution in [1.29, 1.82) is 0 Å². The molecule has 1 heterocycles. The molecule has 0 bridgehead atoms. The minimum Gasteiger partial charge on any atom is -0.356 e. The first kappa shape index (κ1) is 16.0. The number of anilines is 1. The van der Waals surface area contributed by atoms with Gasteiger partial charge in [-0.2, -0.15) is 0 Å². The molecule has 1 aromatic heterocycles. The fraction of sp³-hybridized carbons (Fsp3) is 0.688. The number of nitrogens with one attached hydrogen (secondary N) is 1. The van der Waals surface area contributed by atoms with Crippen molar-refractivity contribution in [2.24, 2.45) is 0 Å². The van der Waals surface area contributed by atoms with Gasteiger partial charge in [-0.3, -0.25) is 0 Å². The number of pyridine rings is 1. The summed E-state index contributed by atoms with van der Waals surface area (Å²) in [5, 5.41) is 3.55. The van der Waals surface area contributed by atoms with E-state index in [1.54, 1.807) is 0 Å². The Morgan fingerprint density at radius 2 is 1.95 bits per heavy atom. The summed E-state index contributed by atoms with van der Waals surface area (Å²) in [6.07, 6.45) is 5.35. The molecule has 0 saturated carbocycles. The minimum absolute atomic E-state index is 0.348. The van der Waals surface area contributed by atoms with Gasteiger partial charge in [-0.15, -0.1) is 0 Å². The highest BCUT2D eigenvalue weighted by Gasteiger charge is 2.18. The second-order valence-corrected chi connectivity index (χ2v) is 5.17. The predicted octanol–water partition coefficient (Wildman–Crippen LogP) is 3.77. The van der Waals surface area contributed by atoms with Gasteiger partial charge >= 0.3 is 0 Å². The van der Waals surface area contributed by atoms with Crippen molar-refractivity contribution in [3.8, 4) is 0 Å². The smallest absolute Gasteiger partial charge is 0.133 e. The molecule has 1 N–H and O–H groups in total. The summed E-state index contributed by atoms with van der Waals surface area (Å²) in [4.78, 5) is 6.94. The minimum atomic E-state index is 0.348. The molecular weight excluding hydrogens is 234 g/mol. The zero-order valence-corrected chi connectivity index (χ0v) is 13.1. The van der Waals surface area contributed by atoms with Crippen molar-refractivity contribution in [3.05, 3.63) is 23.9 Å². The number of rotatable bonds is 8. The van der Waals surface area contributed by atoms with Gasteiger partial charge in [0.2, 0.25) is 0 Å². The lowest BCUT2D eigenvalue weighted by atomic mass is 10.1. The van der Waals surface area contributed by atoms with Crippen LogP contribution in [0, 0.1) is 0 Å². The fourth-order valence-electron chi connectivity index (χ4n) is 2.52. The van der Waals surface area contributed by atoms with Gasteiger partial charge in [-0.1, -0.05) is 26.8 Å². The topological polar surface area (TPSA) is 28.2 Å². The molecule has 1 unspecified atom stereocenters. The largest absolute Gasteiger partial charge is 0.356 e. The van der Waals surface area contributed by atoms with Crippen LogP contribution in [0.3, 0.4) is 0 Å². The van der Waals surface area contributed by atoms with Crippen LogP contribution in [0.4, 0.5) is 5.82 Å². The van der Waals surface area contributed by atoms with Gasteiger partial charge in [0.05, 0.1) is 0 Å². The van der Waals surface area contributed by atoms with E-state index >= 15 is 0 Å². The van der Waals surface area contributed by atoms with Crippen LogP contribution in [0.2, 0.25) is 0 Å². The molecule has 1 atom stereocenters. The third-order valence-corrected chi connectivity index (χ3v) is 3.81. The molecule has 0 amide bonds. The monoisotopic (exact) mass is 263 g/mol. The Morgan fingerprint density at radius 3 is 2.53 bits per heavy atom. The molecule has 108 valence electrons. The lowest BCUT2D eigenvalue weighted by molar-refractivity contribution is 0.553. The average Bonchev–Trinajstić information content (AvgIpc) is 2.45. The summed E-state index contributed by atoms with van der Waals surface area (Å²) >= 11 is 0. The Kier molecular flexibility index (Phi) is 6.85. The Bertz CT molecular complexity index is 361. The average molecular weight is 263 g/mol. The number of hydrogen-bond acceptors (Lipinski definition) is 3. The van der Waals surface area contributed by atoms with Gasteiger partial charge in [0, 0.05) is 30.9 Å². The predicted molar refractivity (Wildman–Crippen MR) is 83.7 cm³/mol. The maximum absolute atomic E-state index is 4.61. The van der Waals surface area contributed by atoms with Crippen molar-refractivity contribution in [3.63, 3.8) is 0 Å². The van der Waals surface area contributed by atoms with Gasteiger partial charge in [0.1, 0.15) is 5.82 Å². The third-order valence-electron chi connectivity index (χ3n) is 3.81. The number of aromatic nitrogens is 1. The highest BCUT2D eigenvalue weighted by Crippen LogP contribution is 2.25. The zero-order chi connectivity index (χ0) is 14.3. The molecule has 19 heavy (non-hydrogen) atoms. The third kappa shape index (κ3) is 4.20. The van der Waals surface area contributed by atoms with E-state index in [0.717, 1.165) is 31.6 Å². The van der Waals surface area contributed by atoms with Crippen molar-refractivity contribution in [2.75, 3.05) is 18.5 Å². The normalized spacial score (nSPS) is 12.7. The van der Waals surface area contributed by atoms with Crippen molar-refractivity contribution in [1.82, 2.24) is 10.3 Å². The molecule has 0 aromatic carbocycles. The van der Waals surface area contributed by atoms with E-state index in [4.69, 9.17) is 0 Å². The van der Waals surface area contributed by atoms with Gasteiger partial charge in [-0.25, -0.2) is 4.98 Å².